The number of rotatable bonds is 14. The fraction of sp³-hybridized carbons (Fsp3) is 0.529. The van der Waals surface area contributed by atoms with Crippen molar-refractivity contribution < 1.29 is 29.4 Å². The average molecular weight is 324 g/mol. The van der Waals surface area contributed by atoms with Crippen molar-refractivity contribution in [3.63, 3.8) is 0 Å². The first kappa shape index (κ1) is 20.8. The molecular weight excluding hydrogens is 300 g/mol. The Morgan fingerprint density at radius 1 is 0.870 bits per heavy atom. The lowest BCUT2D eigenvalue weighted by Crippen LogP contribution is -2.25. The van der Waals surface area contributed by atoms with Crippen LogP contribution in [-0.2, 0) is 19.2 Å². The van der Waals surface area contributed by atoms with Crippen LogP contribution in [-0.4, -0.2) is 33.7 Å². The minimum atomic E-state index is -1.17. The minimum absolute atomic E-state index is 0.0739. The number of carbonyl (C=O) groups is 4. The summed E-state index contributed by atoms with van der Waals surface area (Å²) in [5.74, 6) is -3.06. The molecule has 0 heterocycles. The highest BCUT2D eigenvalue weighted by molar-refractivity contribution is 5.95. The van der Waals surface area contributed by atoms with Gasteiger partial charge in [-0.1, -0.05) is 12.2 Å². The SMILES string of the molecule is C=CCC(CC=C)(CCCC(=O)CC(=O)O)CC(=O)CC(=O)O. The number of carbonyl (C=O) groups excluding carboxylic acids is 2. The van der Waals surface area contributed by atoms with E-state index in [4.69, 9.17) is 10.2 Å². The van der Waals surface area contributed by atoms with Crippen LogP contribution in [0.1, 0.15) is 51.4 Å². The van der Waals surface area contributed by atoms with E-state index in [2.05, 4.69) is 13.2 Å². The standard InChI is InChI=1S/C17H24O6/c1-3-7-17(8-4-2,12-14(19)11-16(22)23)9-5-6-13(18)10-15(20)21/h3-4H,1-2,5-12H2,(H,20,21)(H,22,23). The maximum atomic E-state index is 11.9. The molecule has 0 atom stereocenters. The number of hydrogen-bond donors (Lipinski definition) is 2. The molecule has 23 heavy (non-hydrogen) atoms. The molecule has 0 spiro atoms. The van der Waals surface area contributed by atoms with Crippen LogP contribution in [0.15, 0.2) is 25.3 Å². The maximum absolute atomic E-state index is 11.9. The number of Topliss-reactive ketones (excluding diaryl/α,β-unsaturated/α-hetero) is 2. The molecule has 6 heteroatoms. The second kappa shape index (κ2) is 10.5. The minimum Gasteiger partial charge on any atom is -0.481 e. The van der Waals surface area contributed by atoms with Crippen molar-refractivity contribution in [2.45, 2.75) is 51.4 Å². The molecule has 0 unspecified atom stereocenters. The van der Waals surface area contributed by atoms with E-state index < -0.39 is 30.2 Å². The Kier molecular flexibility index (Phi) is 9.46. The summed E-state index contributed by atoms with van der Waals surface area (Å²) in [6, 6.07) is 0. The summed E-state index contributed by atoms with van der Waals surface area (Å²) < 4.78 is 0. The molecule has 0 aliphatic carbocycles. The Hall–Kier alpha value is -2.24. The fourth-order valence-electron chi connectivity index (χ4n) is 2.70. The number of hydrogen-bond acceptors (Lipinski definition) is 4. The van der Waals surface area contributed by atoms with Gasteiger partial charge in [0.15, 0.2) is 0 Å². The molecule has 0 aliphatic heterocycles. The van der Waals surface area contributed by atoms with Gasteiger partial charge in [-0.25, -0.2) is 0 Å². The van der Waals surface area contributed by atoms with Gasteiger partial charge in [-0.15, -0.1) is 13.2 Å². The Morgan fingerprint density at radius 3 is 1.78 bits per heavy atom. The van der Waals surface area contributed by atoms with Crippen LogP contribution >= 0.6 is 0 Å². The molecule has 6 nitrogen and oxygen atoms in total. The van der Waals surface area contributed by atoms with Crippen molar-refractivity contribution in [1.82, 2.24) is 0 Å². The molecule has 0 rings (SSSR count). The molecule has 128 valence electrons. The van der Waals surface area contributed by atoms with E-state index >= 15 is 0 Å². The third-order valence-corrected chi connectivity index (χ3v) is 3.59. The lowest BCUT2D eigenvalue weighted by molar-refractivity contribution is -0.142. The number of carboxylic acids is 2. The lowest BCUT2D eigenvalue weighted by Gasteiger charge is -2.31. The van der Waals surface area contributed by atoms with E-state index in [1.54, 1.807) is 12.2 Å². The third kappa shape index (κ3) is 9.39. The molecule has 0 saturated heterocycles. The van der Waals surface area contributed by atoms with Crippen LogP contribution in [0.2, 0.25) is 0 Å². The molecule has 0 aromatic heterocycles. The summed E-state index contributed by atoms with van der Waals surface area (Å²) in [4.78, 5) is 44.5. The van der Waals surface area contributed by atoms with Crippen molar-refractivity contribution in [3.05, 3.63) is 25.3 Å². The van der Waals surface area contributed by atoms with E-state index in [0.717, 1.165) is 0 Å². The van der Waals surface area contributed by atoms with Gasteiger partial charge in [-0.3, -0.25) is 19.2 Å². The zero-order valence-corrected chi connectivity index (χ0v) is 13.3. The number of ketones is 2. The largest absolute Gasteiger partial charge is 0.481 e. The van der Waals surface area contributed by atoms with Gasteiger partial charge in [0.1, 0.15) is 24.4 Å². The molecule has 0 radical (unpaired) electrons. The molecule has 0 fully saturated rings. The smallest absolute Gasteiger partial charge is 0.310 e. The van der Waals surface area contributed by atoms with Crippen molar-refractivity contribution in [2.24, 2.45) is 5.41 Å². The molecule has 0 aromatic carbocycles. The van der Waals surface area contributed by atoms with Crippen molar-refractivity contribution in [2.75, 3.05) is 0 Å². The van der Waals surface area contributed by atoms with E-state index in [-0.39, 0.29) is 24.4 Å². The van der Waals surface area contributed by atoms with E-state index in [0.29, 0.717) is 25.7 Å². The Labute approximate surface area is 135 Å². The third-order valence-electron chi connectivity index (χ3n) is 3.59. The first-order valence-electron chi connectivity index (χ1n) is 7.43. The molecule has 0 bridgehead atoms. The summed E-state index contributed by atoms with van der Waals surface area (Å²) in [6.07, 6.45) is 4.42. The van der Waals surface area contributed by atoms with E-state index in [1.807, 2.05) is 0 Å². The van der Waals surface area contributed by atoms with Gasteiger partial charge < -0.3 is 10.2 Å². The zero-order valence-electron chi connectivity index (χ0n) is 13.3. The summed E-state index contributed by atoms with van der Waals surface area (Å²) in [6.45, 7) is 7.34. The van der Waals surface area contributed by atoms with Gasteiger partial charge in [0.2, 0.25) is 0 Å². The molecule has 0 amide bonds. The average Bonchev–Trinajstić information content (AvgIpc) is 2.36. The second-order valence-electron chi connectivity index (χ2n) is 5.73. The maximum Gasteiger partial charge on any atom is 0.310 e. The van der Waals surface area contributed by atoms with Gasteiger partial charge in [0, 0.05) is 12.8 Å². The summed E-state index contributed by atoms with van der Waals surface area (Å²) in [5.41, 5.74) is -0.514. The predicted molar refractivity (Wildman–Crippen MR) is 85.0 cm³/mol. The zero-order chi connectivity index (χ0) is 17.9. The quantitative estimate of drug-likeness (QED) is 0.375. The fourth-order valence-corrected chi connectivity index (χ4v) is 2.70. The van der Waals surface area contributed by atoms with Crippen LogP contribution in [0.5, 0.6) is 0 Å². The van der Waals surface area contributed by atoms with Gasteiger partial charge in [0.25, 0.3) is 0 Å². The highest BCUT2D eigenvalue weighted by Gasteiger charge is 2.30. The van der Waals surface area contributed by atoms with Crippen molar-refractivity contribution >= 4 is 23.5 Å². The van der Waals surface area contributed by atoms with Crippen LogP contribution < -0.4 is 0 Å². The van der Waals surface area contributed by atoms with Crippen LogP contribution in [0.3, 0.4) is 0 Å². The highest BCUT2D eigenvalue weighted by Crippen LogP contribution is 2.38. The molecule has 2 N–H and O–H groups in total. The first-order valence-corrected chi connectivity index (χ1v) is 7.43. The highest BCUT2D eigenvalue weighted by atomic mass is 16.4. The Balaban J connectivity index is 4.82. The number of aliphatic carboxylic acids is 2. The normalized spacial score (nSPS) is 10.8. The Morgan fingerprint density at radius 2 is 1.35 bits per heavy atom. The second-order valence-corrected chi connectivity index (χ2v) is 5.73. The van der Waals surface area contributed by atoms with E-state index in [1.165, 1.54) is 0 Å². The molecule has 0 saturated carbocycles. The molecule has 0 aliphatic rings. The van der Waals surface area contributed by atoms with E-state index in [9.17, 15) is 19.2 Å². The molecule has 0 aromatic rings. The van der Waals surface area contributed by atoms with Gasteiger partial charge >= 0.3 is 11.9 Å². The summed E-state index contributed by atoms with van der Waals surface area (Å²) in [7, 11) is 0. The first-order chi connectivity index (χ1) is 10.7. The Bertz CT molecular complexity index is 467. The van der Waals surface area contributed by atoms with Crippen LogP contribution in [0.25, 0.3) is 0 Å². The summed E-state index contributed by atoms with van der Waals surface area (Å²) >= 11 is 0. The topological polar surface area (TPSA) is 109 Å². The van der Waals surface area contributed by atoms with Crippen molar-refractivity contribution in [3.8, 4) is 0 Å². The van der Waals surface area contributed by atoms with Gasteiger partial charge in [-0.05, 0) is 31.1 Å². The van der Waals surface area contributed by atoms with Gasteiger partial charge in [0.05, 0.1) is 0 Å². The van der Waals surface area contributed by atoms with Crippen molar-refractivity contribution in [1.29, 1.82) is 0 Å². The number of allylic oxidation sites excluding steroid dienone is 2. The molecular formula is C17H24O6. The van der Waals surface area contributed by atoms with Crippen LogP contribution in [0.4, 0.5) is 0 Å². The number of carboxylic acid groups (broad SMARTS) is 2. The predicted octanol–water partition coefficient (Wildman–Crippen LogP) is 2.77. The summed E-state index contributed by atoms with van der Waals surface area (Å²) in [5, 5.41) is 17.3. The van der Waals surface area contributed by atoms with Crippen LogP contribution in [0, 0.1) is 5.41 Å². The lowest BCUT2D eigenvalue weighted by atomic mass is 9.72. The monoisotopic (exact) mass is 324 g/mol. The van der Waals surface area contributed by atoms with Gasteiger partial charge in [-0.2, -0.15) is 0 Å².